The molecule has 1 atom stereocenters. The lowest BCUT2D eigenvalue weighted by atomic mass is 10.1. The number of aryl methyl sites for hydroxylation is 2. The van der Waals surface area contributed by atoms with Crippen molar-refractivity contribution in [3.8, 4) is 11.4 Å². The van der Waals surface area contributed by atoms with Gasteiger partial charge in [-0.2, -0.15) is 0 Å². The molecule has 0 fully saturated rings. The quantitative estimate of drug-likeness (QED) is 0.739. The molecule has 1 amide bonds. The number of hydrogen-bond acceptors (Lipinski definition) is 5. The van der Waals surface area contributed by atoms with Crippen LogP contribution in [0.3, 0.4) is 0 Å². The zero-order chi connectivity index (χ0) is 18.5. The summed E-state index contributed by atoms with van der Waals surface area (Å²) < 4.78 is 1.93. The number of pyridine rings is 1. The predicted octanol–water partition coefficient (Wildman–Crippen LogP) is 2.85. The van der Waals surface area contributed by atoms with Crippen LogP contribution in [-0.4, -0.2) is 30.4 Å². The third-order valence-electron chi connectivity index (χ3n) is 4.20. The summed E-state index contributed by atoms with van der Waals surface area (Å²) in [6, 6.07) is 3.57. The van der Waals surface area contributed by atoms with Gasteiger partial charge in [-0.3, -0.25) is 9.78 Å². The first-order valence-electron chi connectivity index (χ1n) is 8.62. The summed E-state index contributed by atoms with van der Waals surface area (Å²) in [5.41, 5.74) is 1.92. The predicted molar refractivity (Wildman–Crippen MR) is 98.3 cm³/mol. The van der Waals surface area contributed by atoms with Gasteiger partial charge in [0.15, 0.2) is 5.82 Å². The van der Waals surface area contributed by atoms with E-state index in [-0.39, 0.29) is 11.9 Å². The fourth-order valence-electron chi connectivity index (χ4n) is 2.83. The zero-order valence-corrected chi connectivity index (χ0v) is 15.2. The first-order chi connectivity index (χ1) is 12.6. The highest BCUT2D eigenvalue weighted by molar-refractivity contribution is 5.95. The average Bonchev–Trinajstić information content (AvgIpc) is 3.07. The van der Waals surface area contributed by atoms with E-state index in [1.54, 1.807) is 24.8 Å². The molecule has 0 saturated heterocycles. The first-order valence-corrected chi connectivity index (χ1v) is 8.62. The van der Waals surface area contributed by atoms with Gasteiger partial charge >= 0.3 is 0 Å². The number of amides is 1. The zero-order valence-electron chi connectivity index (χ0n) is 15.2. The number of carbonyl (C=O) groups excluding carboxylic acids is 1. The third kappa shape index (κ3) is 3.77. The van der Waals surface area contributed by atoms with Gasteiger partial charge in [-0.05, 0) is 25.5 Å². The summed E-state index contributed by atoms with van der Waals surface area (Å²) in [5, 5.41) is 3.06. The van der Waals surface area contributed by atoms with Crippen LogP contribution in [0, 0.1) is 6.92 Å². The Bertz CT molecular complexity index is 890. The standard InChI is InChI=1S/C19H22N6O/c1-4-6-16(18-21-9-10-25(18)3)24-19(26)15-12-22-17(23-13(15)2)14-7-5-8-20-11-14/h5,7-12,16H,4,6H2,1-3H3,(H,24,26)/t16-/m1/s1. The molecular weight excluding hydrogens is 328 g/mol. The van der Waals surface area contributed by atoms with Crippen LogP contribution in [0.1, 0.15) is 47.7 Å². The molecule has 0 aliphatic heterocycles. The van der Waals surface area contributed by atoms with Crippen LogP contribution >= 0.6 is 0 Å². The molecule has 0 aliphatic carbocycles. The minimum atomic E-state index is -0.193. The van der Waals surface area contributed by atoms with Crippen molar-refractivity contribution in [3.05, 3.63) is 60.2 Å². The molecule has 3 aromatic rings. The number of rotatable bonds is 6. The molecule has 0 spiro atoms. The molecule has 26 heavy (non-hydrogen) atoms. The van der Waals surface area contributed by atoms with Gasteiger partial charge in [0, 0.05) is 43.6 Å². The molecule has 3 aromatic heterocycles. The molecule has 3 rings (SSSR count). The van der Waals surface area contributed by atoms with Gasteiger partial charge in [0.2, 0.25) is 0 Å². The Morgan fingerprint density at radius 3 is 2.73 bits per heavy atom. The Morgan fingerprint density at radius 1 is 1.27 bits per heavy atom. The highest BCUT2D eigenvalue weighted by Crippen LogP contribution is 2.19. The Hall–Kier alpha value is -3.09. The van der Waals surface area contributed by atoms with E-state index in [9.17, 15) is 4.79 Å². The number of nitrogens with one attached hydrogen (secondary N) is 1. The summed E-state index contributed by atoms with van der Waals surface area (Å²) >= 11 is 0. The molecule has 3 heterocycles. The molecule has 0 unspecified atom stereocenters. The second kappa shape index (κ2) is 7.86. The Balaban J connectivity index is 1.82. The first kappa shape index (κ1) is 17.7. The highest BCUT2D eigenvalue weighted by Gasteiger charge is 2.20. The number of imidazole rings is 1. The summed E-state index contributed by atoms with van der Waals surface area (Å²) in [6.45, 7) is 3.89. The van der Waals surface area contributed by atoms with Crippen molar-refractivity contribution in [1.82, 2.24) is 29.8 Å². The second-order valence-corrected chi connectivity index (χ2v) is 6.15. The summed E-state index contributed by atoms with van der Waals surface area (Å²) in [4.78, 5) is 30.0. The van der Waals surface area contributed by atoms with Crippen LogP contribution in [0.25, 0.3) is 11.4 Å². The largest absolute Gasteiger partial charge is 0.342 e. The van der Waals surface area contributed by atoms with E-state index in [4.69, 9.17) is 0 Å². The van der Waals surface area contributed by atoms with E-state index in [0.717, 1.165) is 24.2 Å². The lowest BCUT2D eigenvalue weighted by Gasteiger charge is -2.18. The molecule has 7 heteroatoms. The number of nitrogens with zero attached hydrogens (tertiary/aromatic N) is 5. The molecule has 0 saturated carbocycles. The van der Waals surface area contributed by atoms with Crippen LogP contribution < -0.4 is 5.32 Å². The summed E-state index contributed by atoms with van der Waals surface area (Å²) in [6.07, 6.45) is 10.3. The number of carbonyl (C=O) groups is 1. The molecule has 1 N–H and O–H groups in total. The van der Waals surface area contributed by atoms with Gasteiger partial charge in [-0.1, -0.05) is 13.3 Å². The average molecular weight is 350 g/mol. The van der Waals surface area contributed by atoms with Crippen molar-refractivity contribution in [2.45, 2.75) is 32.7 Å². The smallest absolute Gasteiger partial charge is 0.255 e. The van der Waals surface area contributed by atoms with Crippen molar-refractivity contribution in [3.63, 3.8) is 0 Å². The van der Waals surface area contributed by atoms with Crippen molar-refractivity contribution in [2.75, 3.05) is 0 Å². The number of aromatic nitrogens is 5. The maximum Gasteiger partial charge on any atom is 0.255 e. The molecule has 0 radical (unpaired) electrons. The van der Waals surface area contributed by atoms with E-state index in [2.05, 4.69) is 32.2 Å². The van der Waals surface area contributed by atoms with E-state index < -0.39 is 0 Å². The van der Waals surface area contributed by atoms with E-state index in [1.807, 2.05) is 36.9 Å². The van der Waals surface area contributed by atoms with E-state index >= 15 is 0 Å². The normalized spacial score (nSPS) is 12.0. The Morgan fingerprint density at radius 2 is 2.12 bits per heavy atom. The second-order valence-electron chi connectivity index (χ2n) is 6.15. The maximum atomic E-state index is 12.8. The van der Waals surface area contributed by atoms with Crippen molar-refractivity contribution >= 4 is 5.91 Å². The maximum absolute atomic E-state index is 12.8. The molecule has 0 aliphatic rings. The van der Waals surface area contributed by atoms with Gasteiger partial charge in [0.25, 0.3) is 5.91 Å². The van der Waals surface area contributed by atoms with Crippen molar-refractivity contribution < 1.29 is 4.79 Å². The lowest BCUT2D eigenvalue weighted by Crippen LogP contribution is -2.31. The van der Waals surface area contributed by atoms with Crippen LogP contribution in [0.4, 0.5) is 0 Å². The molecular formula is C19H22N6O. The van der Waals surface area contributed by atoms with Crippen LogP contribution in [-0.2, 0) is 7.05 Å². The molecule has 134 valence electrons. The Labute approximate surface area is 152 Å². The minimum Gasteiger partial charge on any atom is -0.342 e. The van der Waals surface area contributed by atoms with Crippen LogP contribution in [0.2, 0.25) is 0 Å². The van der Waals surface area contributed by atoms with Gasteiger partial charge in [0.05, 0.1) is 17.3 Å². The Kier molecular flexibility index (Phi) is 5.36. The highest BCUT2D eigenvalue weighted by atomic mass is 16.1. The third-order valence-corrected chi connectivity index (χ3v) is 4.20. The van der Waals surface area contributed by atoms with E-state index in [1.165, 1.54) is 0 Å². The van der Waals surface area contributed by atoms with Crippen molar-refractivity contribution in [2.24, 2.45) is 7.05 Å². The van der Waals surface area contributed by atoms with E-state index in [0.29, 0.717) is 17.1 Å². The molecule has 7 nitrogen and oxygen atoms in total. The summed E-state index contributed by atoms with van der Waals surface area (Å²) in [7, 11) is 1.92. The summed E-state index contributed by atoms with van der Waals surface area (Å²) in [5.74, 6) is 1.20. The van der Waals surface area contributed by atoms with Crippen LogP contribution in [0.15, 0.2) is 43.1 Å². The van der Waals surface area contributed by atoms with Crippen molar-refractivity contribution in [1.29, 1.82) is 0 Å². The molecule has 0 bridgehead atoms. The number of hydrogen-bond donors (Lipinski definition) is 1. The lowest BCUT2D eigenvalue weighted by molar-refractivity contribution is 0.0930. The SMILES string of the molecule is CCC[C@@H](NC(=O)c1cnc(-c2cccnc2)nc1C)c1nccn1C. The fourth-order valence-corrected chi connectivity index (χ4v) is 2.83. The van der Waals surface area contributed by atoms with Gasteiger partial charge < -0.3 is 9.88 Å². The fraction of sp³-hybridized carbons (Fsp3) is 0.316. The minimum absolute atomic E-state index is 0.148. The van der Waals surface area contributed by atoms with Gasteiger partial charge in [-0.15, -0.1) is 0 Å². The van der Waals surface area contributed by atoms with Gasteiger partial charge in [0.1, 0.15) is 5.82 Å². The topological polar surface area (TPSA) is 85.6 Å². The monoisotopic (exact) mass is 350 g/mol. The van der Waals surface area contributed by atoms with Crippen LogP contribution in [0.5, 0.6) is 0 Å². The van der Waals surface area contributed by atoms with Gasteiger partial charge in [-0.25, -0.2) is 15.0 Å². The molecule has 0 aromatic carbocycles.